The first-order valence-electron chi connectivity index (χ1n) is 12.1. The first-order valence-corrected chi connectivity index (χ1v) is 12.1. The summed E-state index contributed by atoms with van der Waals surface area (Å²) in [6.45, 7) is 0. The van der Waals surface area contributed by atoms with Crippen molar-refractivity contribution in [3.8, 4) is 17.2 Å². The largest absolute Gasteiger partial charge is 0.494 e. The smallest absolute Gasteiger partial charge is 0.190 e. The molecule has 8 nitrogen and oxygen atoms in total. The fourth-order valence-electron chi connectivity index (χ4n) is 4.87. The van der Waals surface area contributed by atoms with Gasteiger partial charge >= 0.3 is 0 Å². The van der Waals surface area contributed by atoms with E-state index in [0.29, 0.717) is 39.7 Å². The van der Waals surface area contributed by atoms with Crippen molar-refractivity contribution in [1.29, 1.82) is 0 Å². The third-order valence-corrected chi connectivity index (χ3v) is 6.49. The van der Waals surface area contributed by atoms with E-state index < -0.39 is 0 Å². The van der Waals surface area contributed by atoms with E-state index in [1.165, 1.54) is 0 Å². The summed E-state index contributed by atoms with van der Waals surface area (Å²) in [5.74, 6) is 2.06. The molecule has 1 aromatic carbocycles. The molecule has 0 saturated carbocycles. The molecule has 39 heavy (non-hydrogen) atoms. The summed E-state index contributed by atoms with van der Waals surface area (Å²) in [7, 11) is 6.43. The average molecular weight is 562 g/mol. The number of hydrogen-bond donors (Lipinski definition) is 2. The number of H-pyrrole nitrogens is 2. The molecule has 0 aliphatic carbocycles. The molecule has 3 aromatic heterocycles. The standard InChI is InChI=1S/C30H26N4O4.Fe/c1-35-27-23-16-21-13-11-19(32-21)14-18-10-12-20(31-18)15-22-24(17-8-6-5-7-9-17)28(36-2)25(33-22)29(37-3)26(34-23)30(27)38-4;/h5-16,31,34H,1-4H3;. The number of rotatable bonds is 5. The molecule has 2 aliphatic rings. The van der Waals surface area contributed by atoms with Crippen LogP contribution in [0.3, 0.4) is 0 Å². The molecule has 5 heterocycles. The van der Waals surface area contributed by atoms with Crippen LogP contribution in [0, 0.1) is 0 Å². The Morgan fingerprint density at radius 3 is 1.97 bits per heavy atom. The van der Waals surface area contributed by atoms with Crippen molar-refractivity contribution in [3.63, 3.8) is 0 Å². The van der Waals surface area contributed by atoms with Gasteiger partial charge in [0, 0.05) is 28.1 Å². The average Bonchev–Trinajstić information content (AvgIpc) is 3.71. The Hall–Kier alpha value is -4.46. The van der Waals surface area contributed by atoms with E-state index in [9.17, 15) is 0 Å². The Morgan fingerprint density at radius 1 is 0.641 bits per heavy atom. The molecule has 0 unspecified atom stereocenters. The van der Waals surface area contributed by atoms with Crippen molar-refractivity contribution >= 4 is 45.6 Å². The zero-order valence-electron chi connectivity index (χ0n) is 21.8. The van der Waals surface area contributed by atoms with Crippen LogP contribution in [0.15, 0.2) is 60.7 Å². The maximum Gasteiger partial charge on any atom is 0.190 e. The Kier molecular flexibility index (Phi) is 7.19. The van der Waals surface area contributed by atoms with Gasteiger partial charge < -0.3 is 28.9 Å². The number of nitrogens with one attached hydrogen (secondary N) is 2. The molecule has 198 valence electrons. The van der Waals surface area contributed by atoms with Crippen LogP contribution in [0.5, 0.6) is 17.2 Å². The number of methoxy groups -OCH3 is 4. The van der Waals surface area contributed by atoms with E-state index in [1.54, 1.807) is 28.4 Å². The number of fused-ring (bicyclic) bond motifs is 8. The molecule has 0 fully saturated rings. The summed E-state index contributed by atoms with van der Waals surface area (Å²) in [5.41, 5.74) is 7.79. The summed E-state index contributed by atoms with van der Waals surface area (Å²) in [5, 5.41) is 0. The van der Waals surface area contributed by atoms with Crippen LogP contribution in [0.25, 0.3) is 45.6 Å². The van der Waals surface area contributed by atoms with Gasteiger partial charge in [0.25, 0.3) is 0 Å². The Bertz CT molecular complexity index is 1770. The fourth-order valence-corrected chi connectivity index (χ4v) is 4.87. The van der Waals surface area contributed by atoms with Gasteiger partial charge in [-0.05, 0) is 48.0 Å². The molecular weight excluding hydrogens is 536 g/mol. The van der Waals surface area contributed by atoms with Gasteiger partial charge in [-0.15, -0.1) is 0 Å². The van der Waals surface area contributed by atoms with Crippen molar-refractivity contribution in [2.24, 2.45) is 0 Å². The molecule has 0 atom stereocenters. The predicted octanol–water partition coefficient (Wildman–Crippen LogP) is 6.07. The van der Waals surface area contributed by atoms with Gasteiger partial charge in [-0.25, -0.2) is 9.97 Å². The van der Waals surface area contributed by atoms with Crippen molar-refractivity contribution in [2.75, 3.05) is 28.4 Å². The van der Waals surface area contributed by atoms with Gasteiger partial charge in [0.2, 0.25) is 0 Å². The van der Waals surface area contributed by atoms with Crippen LogP contribution in [0.2, 0.25) is 0 Å². The number of aromatic amines is 2. The van der Waals surface area contributed by atoms with Crippen molar-refractivity contribution < 1.29 is 36.0 Å². The van der Waals surface area contributed by atoms with E-state index in [4.69, 9.17) is 28.9 Å². The van der Waals surface area contributed by atoms with E-state index in [0.717, 1.165) is 39.3 Å². The third kappa shape index (κ3) is 4.56. The van der Waals surface area contributed by atoms with Gasteiger partial charge in [0.1, 0.15) is 5.52 Å². The number of aromatic nitrogens is 4. The van der Waals surface area contributed by atoms with Crippen molar-refractivity contribution in [2.45, 2.75) is 0 Å². The van der Waals surface area contributed by atoms with E-state index in [2.05, 4.69) is 9.97 Å². The summed E-state index contributed by atoms with van der Waals surface area (Å²) in [6.07, 6.45) is 3.92. The quantitative estimate of drug-likeness (QED) is 0.253. The minimum atomic E-state index is 0. The molecule has 8 bridgehead atoms. The summed E-state index contributed by atoms with van der Waals surface area (Å²) < 4.78 is 23.5. The van der Waals surface area contributed by atoms with Gasteiger partial charge in [0.15, 0.2) is 28.7 Å². The Labute approximate surface area is 235 Å². The Morgan fingerprint density at radius 2 is 1.31 bits per heavy atom. The van der Waals surface area contributed by atoms with Crippen LogP contribution >= 0.6 is 0 Å². The minimum absolute atomic E-state index is 0. The zero-order valence-corrected chi connectivity index (χ0v) is 22.9. The molecule has 0 saturated heterocycles. The molecule has 0 radical (unpaired) electrons. The van der Waals surface area contributed by atoms with Crippen LogP contribution < -0.4 is 14.2 Å². The molecular formula is C30H26FeN4O4. The fraction of sp³-hybridized carbons (Fsp3) is 0.133. The summed E-state index contributed by atoms with van der Waals surface area (Å²) >= 11 is 0. The number of nitrogens with zero attached hydrogens (tertiary/aromatic N) is 2. The molecule has 6 rings (SSSR count). The van der Waals surface area contributed by atoms with Gasteiger partial charge in [0.05, 0.1) is 56.6 Å². The zero-order chi connectivity index (χ0) is 26.2. The summed E-state index contributed by atoms with van der Waals surface area (Å²) in [4.78, 5) is 16.6. The molecule has 2 N–H and O–H groups in total. The van der Waals surface area contributed by atoms with Crippen molar-refractivity contribution in [3.05, 3.63) is 89.0 Å². The first kappa shape index (κ1) is 26.2. The van der Waals surface area contributed by atoms with Crippen LogP contribution in [0.1, 0.15) is 28.3 Å². The molecule has 0 amide bonds. The first-order chi connectivity index (χ1) is 18.6. The van der Waals surface area contributed by atoms with Gasteiger partial charge in [-0.3, -0.25) is 0 Å². The maximum absolute atomic E-state index is 5.99. The van der Waals surface area contributed by atoms with E-state index in [-0.39, 0.29) is 17.1 Å². The van der Waals surface area contributed by atoms with E-state index >= 15 is 0 Å². The molecule has 0 spiro atoms. The van der Waals surface area contributed by atoms with Crippen LogP contribution in [-0.4, -0.2) is 48.4 Å². The predicted molar refractivity (Wildman–Crippen MR) is 149 cm³/mol. The number of ether oxygens (including phenoxy) is 4. The second-order valence-electron chi connectivity index (χ2n) is 8.73. The third-order valence-electron chi connectivity index (χ3n) is 6.49. The minimum Gasteiger partial charge on any atom is -0.494 e. The second-order valence-corrected chi connectivity index (χ2v) is 8.73. The molecule has 4 aromatic rings. The van der Waals surface area contributed by atoms with E-state index in [1.807, 2.05) is 72.8 Å². The second kappa shape index (κ2) is 10.7. The van der Waals surface area contributed by atoms with Gasteiger partial charge in [-0.2, -0.15) is 0 Å². The number of hydrogen-bond acceptors (Lipinski definition) is 6. The molecule has 2 aliphatic heterocycles. The molecule has 9 heteroatoms. The monoisotopic (exact) mass is 562 g/mol. The SMILES string of the molecule is COC1=C(c2ccccc2)c2cc3ccc(cc4nc(cc5[nH]c(c(OC)c1n2)c(OC)c5OC)C=C4)[nH]3.[Fe]. The number of benzene rings is 1. The summed E-state index contributed by atoms with van der Waals surface area (Å²) in [6, 6.07) is 20.0. The normalized spacial score (nSPS) is 12.2. The van der Waals surface area contributed by atoms with Crippen LogP contribution in [0.4, 0.5) is 0 Å². The Balaban J connectivity index is 0.00000308. The van der Waals surface area contributed by atoms with Crippen LogP contribution in [-0.2, 0) is 21.8 Å². The topological polar surface area (TPSA) is 94.3 Å². The van der Waals surface area contributed by atoms with Crippen molar-refractivity contribution in [1.82, 2.24) is 19.9 Å². The van der Waals surface area contributed by atoms with Gasteiger partial charge in [-0.1, -0.05) is 30.3 Å². The maximum atomic E-state index is 5.99.